The van der Waals surface area contributed by atoms with Gasteiger partial charge in [-0.05, 0) is 28.8 Å². The second-order valence-electron chi connectivity index (χ2n) is 3.10. The van der Waals surface area contributed by atoms with E-state index >= 15 is 0 Å². The highest BCUT2D eigenvalue weighted by molar-refractivity contribution is 8.13. The smallest absolute Gasteiger partial charge is 0.183 e. The van der Waals surface area contributed by atoms with Gasteiger partial charge >= 0.3 is 0 Å². The van der Waals surface area contributed by atoms with Crippen LogP contribution >= 0.6 is 11.8 Å². The fourth-order valence-corrected chi connectivity index (χ4v) is 1.64. The van der Waals surface area contributed by atoms with Crippen LogP contribution in [0, 0.1) is 11.5 Å². The number of nitrogens with zero attached hydrogens (tertiary/aromatic N) is 6. The zero-order chi connectivity index (χ0) is 12.8. The number of para-hydroxylation sites is 2. The molecule has 0 bridgehead atoms. The van der Waals surface area contributed by atoms with Crippen LogP contribution in [0.5, 0.6) is 0 Å². The van der Waals surface area contributed by atoms with Gasteiger partial charge < -0.3 is 0 Å². The van der Waals surface area contributed by atoms with Crippen molar-refractivity contribution in [1.29, 1.82) is 5.26 Å². The van der Waals surface area contributed by atoms with Crippen LogP contribution in [0.15, 0.2) is 35.6 Å². The third-order valence-electron chi connectivity index (χ3n) is 2.06. The molecule has 2 rings (SSSR count). The average Bonchev–Trinajstić information content (AvgIpc) is 2.92. The number of rotatable bonds is 2. The highest BCUT2D eigenvalue weighted by Gasteiger charge is 2.05. The molecule has 0 aliphatic heterocycles. The Labute approximate surface area is 108 Å². The van der Waals surface area contributed by atoms with E-state index in [0.717, 1.165) is 5.69 Å². The Kier molecular flexibility index (Phi) is 3.88. The minimum Gasteiger partial charge on any atom is -0.271 e. The number of benzene rings is 1. The molecule has 0 radical (unpaired) electrons. The van der Waals surface area contributed by atoms with Crippen LogP contribution in [-0.4, -0.2) is 31.6 Å². The fraction of sp³-hybridized carbons (Fsp3) is 0.100. The first kappa shape index (κ1) is 12.1. The summed E-state index contributed by atoms with van der Waals surface area (Å²) >= 11 is 1.35. The van der Waals surface area contributed by atoms with Crippen LogP contribution < -0.4 is 5.32 Å². The Bertz CT molecular complexity index is 585. The highest BCUT2D eigenvalue weighted by Crippen LogP contribution is 2.22. The lowest BCUT2D eigenvalue weighted by atomic mass is 10.3. The quantitative estimate of drug-likeness (QED) is 0.375. The number of amidine groups is 1. The van der Waals surface area contributed by atoms with Crippen LogP contribution in [0.25, 0.3) is 5.69 Å². The maximum Gasteiger partial charge on any atom is 0.183 e. The molecule has 1 aromatic heterocycles. The molecular weight excluding hydrogens is 250 g/mol. The minimum atomic E-state index is 0.512. The van der Waals surface area contributed by atoms with Gasteiger partial charge in [0.1, 0.15) is 6.33 Å². The highest BCUT2D eigenvalue weighted by atomic mass is 32.2. The third-order valence-corrected chi connectivity index (χ3v) is 2.64. The van der Waals surface area contributed by atoms with E-state index in [9.17, 15) is 0 Å². The number of nitrogens with one attached hydrogen (secondary N) is 1. The fourth-order valence-electron chi connectivity index (χ4n) is 1.31. The number of thioether (sulfide) groups is 1. The molecule has 7 nitrogen and oxygen atoms in total. The monoisotopic (exact) mass is 259 g/mol. The van der Waals surface area contributed by atoms with Crippen LogP contribution in [0.1, 0.15) is 0 Å². The normalized spacial score (nSPS) is 11.0. The van der Waals surface area contributed by atoms with E-state index in [1.807, 2.05) is 36.7 Å². The van der Waals surface area contributed by atoms with Crippen molar-refractivity contribution >= 4 is 22.6 Å². The molecule has 1 heterocycles. The van der Waals surface area contributed by atoms with Gasteiger partial charge in [0.15, 0.2) is 11.4 Å². The lowest BCUT2D eigenvalue weighted by Gasteiger charge is -2.05. The minimum absolute atomic E-state index is 0.512. The lowest BCUT2D eigenvalue weighted by Crippen LogP contribution is -2.12. The molecule has 0 aliphatic rings. The number of hydrogen-bond acceptors (Lipinski definition) is 6. The van der Waals surface area contributed by atoms with E-state index in [1.165, 1.54) is 22.8 Å². The van der Waals surface area contributed by atoms with Crippen molar-refractivity contribution < 1.29 is 0 Å². The second kappa shape index (κ2) is 5.79. The first-order valence-electron chi connectivity index (χ1n) is 4.95. The van der Waals surface area contributed by atoms with E-state index in [1.54, 1.807) is 0 Å². The molecule has 0 atom stereocenters. The van der Waals surface area contributed by atoms with Gasteiger partial charge in [-0.15, -0.1) is 5.10 Å². The summed E-state index contributed by atoms with van der Waals surface area (Å²) in [5.74, 6) is 0. The summed E-state index contributed by atoms with van der Waals surface area (Å²) in [7, 11) is 0. The van der Waals surface area contributed by atoms with Crippen molar-refractivity contribution in [2.24, 2.45) is 4.99 Å². The van der Waals surface area contributed by atoms with Crippen LogP contribution in [0.4, 0.5) is 5.69 Å². The second-order valence-corrected chi connectivity index (χ2v) is 3.90. The third kappa shape index (κ3) is 2.64. The first-order valence-corrected chi connectivity index (χ1v) is 6.18. The summed E-state index contributed by atoms with van der Waals surface area (Å²) in [5.41, 5.74) is 1.42. The molecular formula is C10H9N7S. The van der Waals surface area contributed by atoms with Gasteiger partial charge in [-0.2, -0.15) is 9.94 Å². The predicted molar refractivity (Wildman–Crippen MR) is 68.5 cm³/mol. The number of tetrazole rings is 1. The number of aliphatic imine (C=N–C) groups is 1. The van der Waals surface area contributed by atoms with E-state index in [0.29, 0.717) is 10.9 Å². The number of hydrogen-bond donors (Lipinski definition) is 1. The van der Waals surface area contributed by atoms with Gasteiger partial charge in [-0.3, -0.25) is 5.32 Å². The Morgan fingerprint density at radius 1 is 1.50 bits per heavy atom. The summed E-state index contributed by atoms with van der Waals surface area (Å²) in [6.07, 6.45) is 5.17. The van der Waals surface area contributed by atoms with Crippen LogP contribution in [-0.2, 0) is 0 Å². The zero-order valence-corrected chi connectivity index (χ0v) is 10.3. The van der Waals surface area contributed by atoms with Gasteiger partial charge in [-0.25, -0.2) is 4.99 Å². The molecule has 90 valence electrons. The number of nitriles is 1. The zero-order valence-electron chi connectivity index (χ0n) is 9.48. The standard InChI is InChI=1S/C10H9N7S/c1-18-10(12-6-11)14-8-4-2-3-5-9(8)17-7-13-15-16-17/h2-5,7H,1H3,(H,12,14). The average molecular weight is 259 g/mol. The van der Waals surface area contributed by atoms with E-state index in [4.69, 9.17) is 5.26 Å². The molecule has 0 fully saturated rings. The Balaban J connectivity index is 2.43. The van der Waals surface area contributed by atoms with Crippen molar-refractivity contribution in [3.8, 4) is 11.9 Å². The SMILES string of the molecule is CSC(=Nc1ccccc1-n1cnnn1)NC#N. The molecule has 18 heavy (non-hydrogen) atoms. The largest absolute Gasteiger partial charge is 0.271 e. The Morgan fingerprint density at radius 3 is 3.00 bits per heavy atom. The topological polar surface area (TPSA) is 91.8 Å². The molecule has 0 saturated carbocycles. The predicted octanol–water partition coefficient (Wildman–Crippen LogP) is 1.08. The van der Waals surface area contributed by atoms with E-state index in [-0.39, 0.29) is 0 Å². The van der Waals surface area contributed by atoms with Crippen LogP contribution in [0.2, 0.25) is 0 Å². The summed E-state index contributed by atoms with van der Waals surface area (Å²) < 4.78 is 1.52. The van der Waals surface area contributed by atoms with Crippen molar-refractivity contribution in [2.45, 2.75) is 0 Å². The van der Waals surface area contributed by atoms with E-state index < -0.39 is 0 Å². The summed E-state index contributed by atoms with van der Waals surface area (Å²) in [6.45, 7) is 0. The molecule has 0 saturated heterocycles. The van der Waals surface area contributed by atoms with Crippen molar-refractivity contribution in [3.63, 3.8) is 0 Å². The first-order chi connectivity index (χ1) is 8.85. The Morgan fingerprint density at radius 2 is 2.33 bits per heavy atom. The van der Waals surface area contributed by atoms with Gasteiger partial charge in [0.05, 0.1) is 11.4 Å². The van der Waals surface area contributed by atoms with Crippen LogP contribution in [0.3, 0.4) is 0 Å². The van der Waals surface area contributed by atoms with Crippen molar-refractivity contribution in [3.05, 3.63) is 30.6 Å². The molecule has 1 N–H and O–H groups in total. The molecule has 0 aliphatic carbocycles. The molecule has 0 unspecified atom stereocenters. The summed E-state index contributed by atoms with van der Waals surface area (Å²) in [6, 6.07) is 7.40. The number of aromatic nitrogens is 4. The van der Waals surface area contributed by atoms with Gasteiger partial charge in [0.25, 0.3) is 0 Å². The van der Waals surface area contributed by atoms with E-state index in [2.05, 4.69) is 25.8 Å². The van der Waals surface area contributed by atoms with Gasteiger partial charge in [-0.1, -0.05) is 23.9 Å². The molecule has 1 aromatic carbocycles. The lowest BCUT2D eigenvalue weighted by molar-refractivity contribution is 0.789. The summed E-state index contributed by atoms with van der Waals surface area (Å²) in [4.78, 5) is 4.35. The van der Waals surface area contributed by atoms with Gasteiger partial charge in [0, 0.05) is 0 Å². The summed E-state index contributed by atoms with van der Waals surface area (Å²) in [5, 5.41) is 22.6. The van der Waals surface area contributed by atoms with Gasteiger partial charge in [0.2, 0.25) is 0 Å². The molecule has 0 amide bonds. The molecule has 2 aromatic rings. The molecule has 8 heteroatoms. The maximum absolute atomic E-state index is 8.61. The Hall–Kier alpha value is -2.40. The maximum atomic E-state index is 8.61. The van der Waals surface area contributed by atoms with Crippen molar-refractivity contribution in [1.82, 2.24) is 25.5 Å². The van der Waals surface area contributed by atoms with Crippen molar-refractivity contribution in [2.75, 3.05) is 6.26 Å². The molecule has 0 spiro atoms.